The van der Waals surface area contributed by atoms with Gasteiger partial charge in [0.25, 0.3) is 0 Å². The molecule has 5 heteroatoms. The fourth-order valence-corrected chi connectivity index (χ4v) is 2.29. The van der Waals surface area contributed by atoms with Crippen molar-refractivity contribution < 1.29 is 9.18 Å². The van der Waals surface area contributed by atoms with Crippen LogP contribution < -0.4 is 11.1 Å². The van der Waals surface area contributed by atoms with Crippen LogP contribution in [0.3, 0.4) is 0 Å². The summed E-state index contributed by atoms with van der Waals surface area (Å²) in [5.74, 6) is 0.759. The van der Waals surface area contributed by atoms with Crippen LogP contribution in [0, 0.1) is 12.7 Å². The van der Waals surface area contributed by atoms with Gasteiger partial charge in [0, 0.05) is 11.7 Å². The number of aryl methyl sites for hydroxylation is 1. The lowest BCUT2D eigenvalue weighted by Gasteiger charge is -2.08. The lowest BCUT2D eigenvalue weighted by Crippen LogP contribution is -2.18. The highest BCUT2D eigenvalue weighted by Gasteiger charge is 2.06. The van der Waals surface area contributed by atoms with Gasteiger partial charge in [-0.2, -0.15) is 11.8 Å². The minimum Gasteiger partial charge on any atom is -0.328 e. The van der Waals surface area contributed by atoms with Gasteiger partial charge in [0.15, 0.2) is 0 Å². The first-order valence-electron chi connectivity index (χ1n) is 5.88. The third kappa shape index (κ3) is 5.51. The number of amides is 1. The molecule has 18 heavy (non-hydrogen) atoms. The second-order valence-corrected chi connectivity index (χ2v) is 5.43. The maximum atomic E-state index is 13.0. The van der Waals surface area contributed by atoms with E-state index in [1.165, 1.54) is 23.9 Å². The van der Waals surface area contributed by atoms with Gasteiger partial charge >= 0.3 is 0 Å². The molecular formula is C13H19FN2OS. The molecule has 0 spiro atoms. The summed E-state index contributed by atoms with van der Waals surface area (Å²) < 4.78 is 13.0. The molecule has 3 N–H and O–H groups in total. The van der Waals surface area contributed by atoms with E-state index in [2.05, 4.69) is 5.32 Å². The zero-order chi connectivity index (χ0) is 13.5. The maximum Gasteiger partial charge on any atom is 0.234 e. The molecule has 0 heterocycles. The zero-order valence-corrected chi connectivity index (χ0v) is 11.5. The van der Waals surface area contributed by atoms with Crippen LogP contribution in [0.15, 0.2) is 18.2 Å². The van der Waals surface area contributed by atoms with E-state index in [9.17, 15) is 9.18 Å². The average molecular weight is 270 g/mol. The summed E-state index contributed by atoms with van der Waals surface area (Å²) >= 11 is 1.53. The molecule has 1 rings (SSSR count). The van der Waals surface area contributed by atoms with Crippen molar-refractivity contribution in [3.63, 3.8) is 0 Å². The third-order valence-corrected chi connectivity index (χ3v) is 3.42. The van der Waals surface area contributed by atoms with Gasteiger partial charge in [0.1, 0.15) is 5.82 Å². The van der Waals surface area contributed by atoms with Gasteiger partial charge in [-0.15, -0.1) is 0 Å². The Morgan fingerprint density at radius 3 is 2.94 bits per heavy atom. The van der Waals surface area contributed by atoms with Crippen molar-refractivity contribution in [1.82, 2.24) is 0 Å². The minimum absolute atomic E-state index is 0.113. The third-order valence-electron chi connectivity index (χ3n) is 2.42. The number of hydrogen-bond acceptors (Lipinski definition) is 3. The van der Waals surface area contributed by atoms with Crippen molar-refractivity contribution in [1.29, 1.82) is 0 Å². The lowest BCUT2D eigenvalue weighted by atomic mass is 10.2. The molecule has 1 aromatic rings. The second-order valence-electron chi connectivity index (χ2n) is 4.33. The summed E-state index contributed by atoms with van der Waals surface area (Å²) in [7, 11) is 0. The van der Waals surface area contributed by atoms with Crippen molar-refractivity contribution in [2.24, 2.45) is 5.73 Å². The molecule has 3 nitrogen and oxygen atoms in total. The first-order valence-corrected chi connectivity index (χ1v) is 7.04. The SMILES string of the molecule is Cc1ccc(F)cc1NC(=O)CSCCC(C)N. The number of nitrogens with two attached hydrogens (primary N) is 1. The molecule has 0 saturated heterocycles. The smallest absolute Gasteiger partial charge is 0.234 e. The van der Waals surface area contributed by atoms with E-state index in [0.29, 0.717) is 11.4 Å². The summed E-state index contributed by atoms with van der Waals surface area (Å²) in [6.45, 7) is 3.77. The van der Waals surface area contributed by atoms with Crippen LogP contribution in [-0.2, 0) is 4.79 Å². The van der Waals surface area contributed by atoms with Crippen LogP contribution >= 0.6 is 11.8 Å². The summed E-state index contributed by atoms with van der Waals surface area (Å²) in [6, 6.07) is 4.52. The number of nitrogens with one attached hydrogen (secondary N) is 1. The number of carbonyl (C=O) groups excluding carboxylic acids is 1. The highest BCUT2D eigenvalue weighted by Crippen LogP contribution is 2.16. The molecule has 1 unspecified atom stereocenters. The first kappa shape index (κ1) is 15.0. The van der Waals surface area contributed by atoms with Crippen molar-refractivity contribution in [2.45, 2.75) is 26.3 Å². The first-order chi connectivity index (χ1) is 8.49. The topological polar surface area (TPSA) is 55.1 Å². The number of thioether (sulfide) groups is 1. The lowest BCUT2D eigenvalue weighted by molar-refractivity contribution is -0.113. The largest absolute Gasteiger partial charge is 0.328 e. The van der Waals surface area contributed by atoms with Gasteiger partial charge in [-0.05, 0) is 43.7 Å². The Hall–Kier alpha value is -1.07. The number of rotatable bonds is 6. The number of halogens is 1. The Labute approximate surface area is 111 Å². The van der Waals surface area contributed by atoms with Crippen LogP contribution in [0.5, 0.6) is 0 Å². The quantitative estimate of drug-likeness (QED) is 0.781. The van der Waals surface area contributed by atoms with Gasteiger partial charge < -0.3 is 11.1 Å². The molecule has 0 saturated carbocycles. The molecule has 1 aromatic carbocycles. The van der Waals surface area contributed by atoms with Gasteiger partial charge in [0.2, 0.25) is 5.91 Å². The minimum atomic E-state index is -0.347. The van der Waals surface area contributed by atoms with Crippen molar-refractivity contribution in [3.8, 4) is 0 Å². The average Bonchev–Trinajstić information content (AvgIpc) is 2.29. The van der Waals surface area contributed by atoms with E-state index in [0.717, 1.165) is 17.7 Å². The Balaban J connectivity index is 2.38. The van der Waals surface area contributed by atoms with Gasteiger partial charge in [-0.25, -0.2) is 4.39 Å². The van der Waals surface area contributed by atoms with Gasteiger partial charge in [0.05, 0.1) is 5.75 Å². The summed E-state index contributed by atoms with van der Waals surface area (Å²) in [6.07, 6.45) is 0.886. The van der Waals surface area contributed by atoms with Crippen LogP contribution in [-0.4, -0.2) is 23.5 Å². The van der Waals surface area contributed by atoms with Gasteiger partial charge in [-0.3, -0.25) is 4.79 Å². The molecule has 100 valence electrons. The summed E-state index contributed by atoms with van der Waals surface area (Å²) in [5.41, 5.74) is 7.00. The predicted molar refractivity (Wildman–Crippen MR) is 75.4 cm³/mol. The van der Waals surface area contributed by atoms with E-state index >= 15 is 0 Å². The monoisotopic (exact) mass is 270 g/mol. The molecule has 0 radical (unpaired) electrons. The summed E-state index contributed by atoms with van der Waals surface area (Å²) in [4.78, 5) is 11.6. The van der Waals surface area contributed by atoms with E-state index in [1.807, 2.05) is 13.8 Å². The number of anilines is 1. The van der Waals surface area contributed by atoms with E-state index in [-0.39, 0.29) is 17.8 Å². The molecule has 0 aromatic heterocycles. The molecular weight excluding hydrogens is 251 g/mol. The number of hydrogen-bond donors (Lipinski definition) is 2. The molecule has 0 aliphatic rings. The standard InChI is InChI=1S/C13H19FN2OS/c1-9-3-4-11(14)7-12(9)16-13(17)8-18-6-5-10(2)15/h3-4,7,10H,5-6,8,15H2,1-2H3,(H,16,17). The normalized spacial score (nSPS) is 12.2. The fraction of sp³-hybridized carbons (Fsp3) is 0.462. The Bertz CT molecular complexity index is 410. The van der Waals surface area contributed by atoms with Crippen molar-refractivity contribution in [3.05, 3.63) is 29.6 Å². The molecule has 1 atom stereocenters. The van der Waals surface area contributed by atoms with Gasteiger partial charge in [-0.1, -0.05) is 6.07 Å². The molecule has 0 aliphatic carbocycles. The zero-order valence-electron chi connectivity index (χ0n) is 10.7. The highest BCUT2D eigenvalue weighted by atomic mass is 32.2. The highest BCUT2D eigenvalue weighted by molar-refractivity contribution is 7.99. The van der Waals surface area contributed by atoms with Crippen molar-refractivity contribution >= 4 is 23.4 Å². The molecule has 1 amide bonds. The number of benzene rings is 1. The van der Waals surface area contributed by atoms with Crippen molar-refractivity contribution in [2.75, 3.05) is 16.8 Å². The van der Waals surface area contributed by atoms with E-state index < -0.39 is 0 Å². The van der Waals surface area contributed by atoms with Crippen LogP contribution in [0.1, 0.15) is 18.9 Å². The van der Waals surface area contributed by atoms with Crippen LogP contribution in [0.2, 0.25) is 0 Å². The van der Waals surface area contributed by atoms with E-state index in [4.69, 9.17) is 5.73 Å². The molecule has 0 fully saturated rings. The predicted octanol–water partition coefficient (Wildman–Crippen LogP) is 2.54. The van der Waals surface area contributed by atoms with Crippen LogP contribution in [0.25, 0.3) is 0 Å². The Morgan fingerprint density at radius 2 is 2.28 bits per heavy atom. The second kappa shape index (κ2) is 7.38. The summed E-state index contributed by atoms with van der Waals surface area (Å²) in [5, 5.41) is 2.71. The molecule has 0 aliphatic heterocycles. The van der Waals surface area contributed by atoms with Crippen LogP contribution in [0.4, 0.5) is 10.1 Å². The Kier molecular flexibility index (Phi) is 6.15. The molecule has 0 bridgehead atoms. The Morgan fingerprint density at radius 1 is 1.56 bits per heavy atom. The van der Waals surface area contributed by atoms with E-state index in [1.54, 1.807) is 6.07 Å². The maximum absolute atomic E-state index is 13.0. The fourth-order valence-electron chi connectivity index (χ4n) is 1.35. The number of carbonyl (C=O) groups is 1.